The maximum atomic E-state index is 9.97. The van der Waals surface area contributed by atoms with Gasteiger partial charge in [0.2, 0.25) is 0 Å². The number of aromatic nitrogens is 2. The molecule has 72 valence electrons. The minimum atomic E-state index is -0.625. The molecule has 0 bridgehead atoms. The Morgan fingerprint density at radius 3 is 2.79 bits per heavy atom. The Hall–Kier alpha value is -0.780. The topological polar surface area (TPSA) is 46.0 Å². The van der Waals surface area contributed by atoms with Gasteiger partial charge in [-0.15, -0.1) is 11.3 Å². The van der Waals surface area contributed by atoms with Gasteiger partial charge in [0.25, 0.3) is 0 Å². The standard InChI is InChI=1S/C9H7BrN2OS/c10-7-2-4-14-9(7)8(13)6-1-3-11-12-5-6/h1-5,8,13H. The minimum absolute atomic E-state index is 0.625. The van der Waals surface area contributed by atoms with Gasteiger partial charge in [0.15, 0.2) is 0 Å². The highest BCUT2D eigenvalue weighted by atomic mass is 79.9. The molecule has 0 aliphatic carbocycles. The van der Waals surface area contributed by atoms with Crippen LogP contribution in [0, 0.1) is 0 Å². The molecule has 5 heteroatoms. The summed E-state index contributed by atoms with van der Waals surface area (Å²) in [4.78, 5) is 0.887. The molecule has 1 N–H and O–H groups in total. The first-order chi connectivity index (χ1) is 6.79. The second-order valence-electron chi connectivity index (χ2n) is 2.71. The van der Waals surface area contributed by atoms with Crippen molar-refractivity contribution in [3.63, 3.8) is 0 Å². The first kappa shape index (κ1) is 9.76. The van der Waals surface area contributed by atoms with Gasteiger partial charge in [-0.1, -0.05) is 0 Å². The molecule has 1 unspecified atom stereocenters. The first-order valence-corrected chi connectivity index (χ1v) is 5.64. The fourth-order valence-electron chi connectivity index (χ4n) is 1.11. The quantitative estimate of drug-likeness (QED) is 0.912. The third-order valence-corrected chi connectivity index (χ3v) is 3.74. The zero-order valence-electron chi connectivity index (χ0n) is 7.09. The van der Waals surface area contributed by atoms with E-state index in [1.165, 1.54) is 11.3 Å². The molecular weight excluding hydrogens is 264 g/mol. The minimum Gasteiger partial charge on any atom is -0.383 e. The summed E-state index contributed by atoms with van der Waals surface area (Å²) in [6, 6.07) is 3.67. The number of aliphatic hydroxyl groups is 1. The van der Waals surface area contributed by atoms with Crippen molar-refractivity contribution >= 4 is 27.3 Å². The molecule has 0 saturated heterocycles. The maximum Gasteiger partial charge on any atom is 0.116 e. The van der Waals surface area contributed by atoms with E-state index in [9.17, 15) is 5.11 Å². The van der Waals surface area contributed by atoms with E-state index in [0.717, 1.165) is 14.9 Å². The van der Waals surface area contributed by atoms with Crippen LogP contribution in [0.15, 0.2) is 34.4 Å². The largest absolute Gasteiger partial charge is 0.383 e. The summed E-state index contributed by atoms with van der Waals surface area (Å²) in [5, 5.41) is 19.3. The van der Waals surface area contributed by atoms with Crippen LogP contribution >= 0.6 is 27.3 Å². The van der Waals surface area contributed by atoms with E-state index in [4.69, 9.17) is 0 Å². The molecule has 0 aromatic carbocycles. The highest BCUT2D eigenvalue weighted by Gasteiger charge is 2.14. The van der Waals surface area contributed by atoms with E-state index in [1.54, 1.807) is 18.5 Å². The number of hydrogen-bond donors (Lipinski definition) is 1. The monoisotopic (exact) mass is 270 g/mol. The molecule has 2 rings (SSSR count). The predicted molar refractivity (Wildman–Crippen MR) is 58.1 cm³/mol. The Labute approximate surface area is 93.6 Å². The molecule has 2 heterocycles. The lowest BCUT2D eigenvalue weighted by Crippen LogP contribution is -1.98. The van der Waals surface area contributed by atoms with Crippen molar-refractivity contribution in [3.05, 3.63) is 44.8 Å². The van der Waals surface area contributed by atoms with Gasteiger partial charge in [-0.05, 0) is 33.4 Å². The SMILES string of the molecule is OC(c1ccnnc1)c1sccc1Br. The van der Waals surface area contributed by atoms with Crippen molar-refractivity contribution in [2.45, 2.75) is 6.10 Å². The summed E-state index contributed by atoms with van der Waals surface area (Å²) < 4.78 is 0.923. The molecule has 0 aliphatic rings. The Morgan fingerprint density at radius 1 is 1.36 bits per heavy atom. The summed E-state index contributed by atoms with van der Waals surface area (Å²) in [7, 11) is 0. The summed E-state index contributed by atoms with van der Waals surface area (Å²) >= 11 is 4.89. The zero-order chi connectivity index (χ0) is 9.97. The molecule has 3 nitrogen and oxygen atoms in total. The molecule has 2 aromatic heterocycles. The molecular formula is C9H7BrN2OS. The van der Waals surface area contributed by atoms with E-state index in [-0.39, 0.29) is 0 Å². The third-order valence-electron chi connectivity index (χ3n) is 1.82. The molecule has 1 atom stereocenters. The lowest BCUT2D eigenvalue weighted by atomic mass is 10.1. The Bertz CT molecular complexity index is 418. The van der Waals surface area contributed by atoms with Crippen LogP contribution in [0.5, 0.6) is 0 Å². The second kappa shape index (κ2) is 4.16. The molecule has 0 amide bonds. The van der Waals surface area contributed by atoms with Gasteiger partial charge in [0, 0.05) is 16.2 Å². The van der Waals surface area contributed by atoms with Crippen molar-refractivity contribution in [2.24, 2.45) is 0 Å². The molecule has 0 saturated carbocycles. The summed E-state index contributed by atoms with van der Waals surface area (Å²) in [6.07, 6.45) is 2.51. The average Bonchev–Trinajstić information content (AvgIpc) is 2.65. The van der Waals surface area contributed by atoms with Gasteiger partial charge in [0.1, 0.15) is 6.10 Å². The maximum absolute atomic E-state index is 9.97. The third kappa shape index (κ3) is 1.84. The molecule has 2 aromatic rings. The van der Waals surface area contributed by atoms with Gasteiger partial charge in [-0.25, -0.2) is 0 Å². The Kier molecular flexibility index (Phi) is 2.90. The average molecular weight is 271 g/mol. The van der Waals surface area contributed by atoms with Crippen LogP contribution in [0.25, 0.3) is 0 Å². The van der Waals surface area contributed by atoms with Crippen LogP contribution in [0.1, 0.15) is 16.5 Å². The predicted octanol–water partition coefficient (Wildman–Crippen LogP) is 2.38. The summed E-state index contributed by atoms with van der Waals surface area (Å²) in [5.74, 6) is 0. The Morgan fingerprint density at radius 2 is 2.21 bits per heavy atom. The summed E-state index contributed by atoms with van der Waals surface area (Å²) in [6.45, 7) is 0. The van der Waals surface area contributed by atoms with Gasteiger partial charge in [-0.2, -0.15) is 10.2 Å². The zero-order valence-corrected chi connectivity index (χ0v) is 9.49. The lowest BCUT2D eigenvalue weighted by Gasteiger charge is -2.08. The van der Waals surface area contributed by atoms with Gasteiger partial charge in [-0.3, -0.25) is 0 Å². The van der Waals surface area contributed by atoms with Crippen LogP contribution in [-0.2, 0) is 0 Å². The van der Waals surface area contributed by atoms with Gasteiger partial charge >= 0.3 is 0 Å². The smallest absolute Gasteiger partial charge is 0.116 e. The van der Waals surface area contributed by atoms with Gasteiger partial charge in [0.05, 0.1) is 11.1 Å². The molecule has 0 spiro atoms. The number of halogens is 1. The van der Waals surface area contributed by atoms with Crippen LogP contribution < -0.4 is 0 Å². The Balaban J connectivity index is 2.34. The molecule has 0 radical (unpaired) electrons. The van der Waals surface area contributed by atoms with Crippen LogP contribution in [-0.4, -0.2) is 15.3 Å². The number of hydrogen-bond acceptors (Lipinski definition) is 4. The normalized spacial score (nSPS) is 12.7. The van der Waals surface area contributed by atoms with Crippen molar-refractivity contribution in [1.29, 1.82) is 0 Å². The fourth-order valence-corrected chi connectivity index (χ4v) is 2.72. The van der Waals surface area contributed by atoms with E-state index >= 15 is 0 Å². The van der Waals surface area contributed by atoms with Crippen LogP contribution in [0.2, 0.25) is 0 Å². The van der Waals surface area contributed by atoms with E-state index in [2.05, 4.69) is 26.1 Å². The first-order valence-electron chi connectivity index (χ1n) is 3.96. The molecule has 0 fully saturated rings. The van der Waals surface area contributed by atoms with Crippen LogP contribution in [0.4, 0.5) is 0 Å². The second-order valence-corrected chi connectivity index (χ2v) is 4.51. The number of thiophene rings is 1. The van der Waals surface area contributed by atoms with Crippen molar-refractivity contribution < 1.29 is 5.11 Å². The summed E-state index contributed by atoms with van der Waals surface area (Å²) in [5.41, 5.74) is 0.753. The number of rotatable bonds is 2. The molecule has 0 aliphatic heterocycles. The van der Waals surface area contributed by atoms with Crippen molar-refractivity contribution in [3.8, 4) is 0 Å². The highest BCUT2D eigenvalue weighted by molar-refractivity contribution is 9.10. The highest BCUT2D eigenvalue weighted by Crippen LogP contribution is 2.32. The van der Waals surface area contributed by atoms with Crippen molar-refractivity contribution in [1.82, 2.24) is 10.2 Å². The number of aliphatic hydroxyl groups excluding tert-OH is 1. The fraction of sp³-hybridized carbons (Fsp3) is 0.111. The van der Waals surface area contributed by atoms with Crippen molar-refractivity contribution in [2.75, 3.05) is 0 Å². The molecule has 14 heavy (non-hydrogen) atoms. The number of nitrogens with zero attached hydrogens (tertiary/aromatic N) is 2. The van der Waals surface area contributed by atoms with Gasteiger partial charge < -0.3 is 5.11 Å². The van der Waals surface area contributed by atoms with E-state index < -0.39 is 6.10 Å². The van der Waals surface area contributed by atoms with E-state index in [1.807, 2.05) is 11.4 Å². The van der Waals surface area contributed by atoms with E-state index in [0.29, 0.717) is 0 Å². The van der Waals surface area contributed by atoms with Crippen LogP contribution in [0.3, 0.4) is 0 Å². The lowest BCUT2D eigenvalue weighted by molar-refractivity contribution is 0.223.